The van der Waals surface area contributed by atoms with Crippen molar-refractivity contribution in [1.29, 1.82) is 0 Å². The molecule has 3 nitrogen and oxygen atoms in total. The zero-order chi connectivity index (χ0) is 8.44. The van der Waals surface area contributed by atoms with Gasteiger partial charge in [-0.2, -0.15) is 0 Å². The first-order chi connectivity index (χ1) is 4.24. The Morgan fingerprint density at radius 3 is 2.00 bits per heavy atom. The molecule has 0 aromatic heterocycles. The largest absolute Gasteiger partial charge is 0.308 e. The Morgan fingerprint density at radius 1 is 1.50 bits per heavy atom. The topological polar surface area (TPSA) is 57.5 Å². The first-order valence-corrected chi connectivity index (χ1v) is 5.75. The van der Waals surface area contributed by atoms with Gasteiger partial charge in [0, 0.05) is 5.75 Å². The molecule has 0 unspecified atom stereocenters. The molecule has 0 aromatic rings. The second kappa shape index (κ2) is 2.95. The van der Waals surface area contributed by atoms with E-state index in [-0.39, 0.29) is 5.75 Å². The van der Waals surface area contributed by atoms with E-state index in [9.17, 15) is 4.21 Å². The minimum absolute atomic E-state index is 0.243. The molecule has 0 aliphatic carbocycles. The number of halogens is 2. The van der Waals surface area contributed by atoms with Gasteiger partial charge in [-0.15, -0.1) is 23.2 Å². The van der Waals surface area contributed by atoms with Crippen LogP contribution in [0, 0.1) is 0 Å². The summed E-state index contributed by atoms with van der Waals surface area (Å²) in [6.45, 7) is 1.39. The molecule has 0 saturated heterocycles. The highest BCUT2D eigenvalue weighted by Crippen LogP contribution is 2.20. The fraction of sp³-hybridized carbons (Fsp3) is 1.00. The number of hydrogen-bond acceptors (Lipinski definition) is 1. The number of hydrogen-bond donors (Lipinski definition) is 2. The van der Waals surface area contributed by atoms with Crippen LogP contribution in [0.1, 0.15) is 6.92 Å². The van der Waals surface area contributed by atoms with E-state index in [1.807, 2.05) is 0 Å². The number of rotatable bonds is 3. The van der Waals surface area contributed by atoms with Crippen LogP contribution in [0.2, 0.25) is 0 Å². The molecule has 0 aliphatic heterocycles. The lowest BCUT2D eigenvalue weighted by Crippen LogP contribution is -2.39. The highest BCUT2D eigenvalue weighted by Gasteiger charge is 2.29. The fourth-order valence-corrected chi connectivity index (χ4v) is 2.63. The molecule has 0 amide bonds. The summed E-state index contributed by atoms with van der Waals surface area (Å²) in [4.78, 5) is -1.01. The van der Waals surface area contributed by atoms with Gasteiger partial charge in [-0.3, -0.25) is 0 Å². The van der Waals surface area contributed by atoms with E-state index < -0.39 is 20.2 Å². The molecule has 0 aromatic carbocycles. The predicted molar refractivity (Wildman–Crippen MR) is 44.3 cm³/mol. The van der Waals surface area contributed by atoms with E-state index in [4.69, 9.17) is 32.3 Å². The average Bonchev–Trinajstić information content (AvgIpc) is 1.61. The fourth-order valence-electron chi connectivity index (χ4n) is 0.371. The van der Waals surface area contributed by atoms with E-state index in [1.165, 1.54) is 6.92 Å². The minimum Gasteiger partial charge on any atom is -0.308 e. The van der Waals surface area contributed by atoms with Crippen molar-refractivity contribution in [3.05, 3.63) is 0 Å². The van der Waals surface area contributed by atoms with Crippen LogP contribution >= 0.6 is 23.2 Å². The van der Waals surface area contributed by atoms with Crippen molar-refractivity contribution in [2.24, 2.45) is 0 Å². The molecular weight excluding hydrogens is 199 g/mol. The standard InChI is InChI=1S/C4H10Cl2O3S/c1-2-10(7,8,9)3-4(5)6/h4H,2-3H2,1H3,(H2,7,8,9). The quantitative estimate of drug-likeness (QED) is 0.693. The van der Waals surface area contributed by atoms with Crippen LogP contribution in [0.3, 0.4) is 0 Å². The molecule has 0 radical (unpaired) electrons. The second-order valence-corrected chi connectivity index (χ2v) is 6.59. The van der Waals surface area contributed by atoms with E-state index in [1.54, 1.807) is 0 Å². The van der Waals surface area contributed by atoms with Crippen LogP contribution in [-0.4, -0.2) is 29.7 Å². The van der Waals surface area contributed by atoms with Crippen LogP contribution in [0.5, 0.6) is 0 Å². The summed E-state index contributed by atoms with van der Waals surface area (Å²) in [5.41, 5.74) is 0. The lowest BCUT2D eigenvalue weighted by molar-refractivity contribution is 0.393. The van der Waals surface area contributed by atoms with Crippen LogP contribution in [-0.2, 0) is 9.63 Å². The van der Waals surface area contributed by atoms with Gasteiger partial charge in [0.25, 0.3) is 0 Å². The maximum absolute atomic E-state index is 10.9. The third-order valence-electron chi connectivity index (χ3n) is 1.04. The summed E-state index contributed by atoms with van der Waals surface area (Å²) in [5, 5.41) is 0. The van der Waals surface area contributed by atoms with Crippen LogP contribution in [0.15, 0.2) is 0 Å². The molecular formula is C4H10Cl2O3S. The summed E-state index contributed by atoms with van der Waals surface area (Å²) in [5.74, 6) is -0.732. The molecule has 10 heavy (non-hydrogen) atoms. The predicted octanol–water partition coefficient (Wildman–Crippen LogP) is 1.58. The van der Waals surface area contributed by atoms with Crippen molar-refractivity contribution in [2.75, 3.05) is 11.5 Å². The molecule has 64 valence electrons. The molecule has 0 atom stereocenters. The summed E-state index contributed by atoms with van der Waals surface area (Å²) < 4.78 is 28.7. The smallest absolute Gasteiger partial charge is 0.121 e. The third kappa shape index (κ3) is 4.46. The first-order valence-electron chi connectivity index (χ1n) is 2.66. The van der Waals surface area contributed by atoms with Crippen molar-refractivity contribution >= 4 is 32.8 Å². The highest BCUT2D eigenvalue weighted by molar-refractivity contribution is 8.10. The maximum atomic E-state index is 10.9. The highest BCUT2D eigenvalue weighted by atomic mass is 35.5. The van der Waals surface area contributed by atoms with Gasteiger partial charge in [-0.05, 0) is 0 Å². The Morgan fingerprint density at radius 2 is 1.90 bits per heavy atom. The van der Waals surface area contributed by atoms with E-state index in [2.05, 4.69) is 0 Å². The average molecular weight is 209 g/mol. The van der Waals surface area contributed by atoms with Crippen molar-refractivity contribution in [3.63, 3.8) is 0 Å². The second-order valence-electron chi connectivity index (χ2n) is 2.03. The van der Waals surface area contributed by atoms with Gasteiger partial charge < -0.3 is 9.11 Å². The molecule has 0 fully saturated rings. The molecule has 0 spiro atoms. The molecule has 0 saturated carbocycles. The lowest BCUT2D eigenvalue weighted by Gasteiger charge is -2.29. The molecule has 0 rings (SSSR count). The van der Waals surface area contributed by atoms with Crippen molar-refractivity contribution < 1.29 is 13.3 Å². The maximum Gasteiger partial charge on any atom is 0.121 e. The summed E-state index contributed by atoms with van der Waals surface area (Å²) in [6.07, 6.45) is 0. The van der Waals surface area contributed by atoms with Crippen LogP contribution < -0.4 is 0 Å². The first kappa shape index (κ1) is 10.7. The SMILES string of the molecule is CCS(=O)(O)(O)CC(Cl)Cl. The van der Waals surface area contributed by atoms with Crippen LogP contribution in [0.25, 0.3) is 0 Å². The van der Waals surface area contributed by atoms with Crippen molar-refractivity contribution in [3.8, 4) is 0 Å². The third-order valence-corrected chi connectivity index (χ3v) is 3.88. The Bertz CT molecular complexity index is 173. The van der Waals surface area contributed by atoms with Gasteiger partial charge in [0.1, 0.15) is 4.84 Å². The molecule has 0 aliphatic rings. The summed E-state index contributed by atoms with van der Waals surface area (Å²) >= 11 is 10.4. The Balaban J connectivity index is 4.26. The summed E-state index contributed by atoms with van der Waals surface area (Å²) in [6, 6.07) is 0. The molecule has 2 N–H and O–H groups in total. The Hall–Kier alpha value is 0.650. The van der Waals surface area contributed by atoms with Gasteiger partial charge in [0.05, 0.1) is 15.4 Å². The molecule has 6 heteroatoms. The summed E-state index contributed by atoms with van der Waals surface area (Å²) in [7, 11) is -4.48. The van der Waals surface area contributed by atoms with E-state index in [0.717, 1.165) is 0 Å². The Kier molecular flexibility index (Phi) is 3.14. The van der Waals surface area contributed by atoms with Crippen LogP contribution in [0.4, 0.5) is 0 Å². The molecule has 0 heterocycles. The van der Waals surface area contributed by atoms with Gasteiger partial charge in [-0.25, -0.2) is 4.21 Å². The van der Waals surface area contributed by atoms with Gasteiger partial charge in [0.2, 0.25) is 0 Å². The van der Waals surface area contributed by atoms with Gasteiger partial charge >= 0.3 is 0 Å². The monoisotopic (exact) mass is 208 g/mol. The van der Waals surface area contributed by atoms with Crippen molar-refractivity contribution in [2.45, 2.75) is 11.8 Å². The zero-order valence-corrected chi connectivity index (χ0v) is 7.79. The van der Waals surface area contributed by atoms with Gasteiger partial charge in [0.15, 0.2) is 0 Å². The van der Waals surface area contributed by atoms with E-state index in [0.29, 0.717) is 0 Å². The number of alkyl halides is 2. The van der Waals surface area contributed by atoms with Crippen molar-refractivity contribution in [1.82, 2.24) is 0 Å². The lowest BCUT2D eigenvalue weighted by atomic mass is 10.9. The zero-order valence-electron chi connectivity index (χ0n) is 5.46. The molecule has 0 bridgehead atoms. The van der Waals surface area contributed by atoms with Gasteiger partial charge in [-0.1, -0.05) is 6.92 Å². The Labute approximate surface area is 69.8 Å². The van der Waals surface area contributed by atoms with E-state index >= 15 is 0 Å². The minimum atomic E-state index is -4.48. The normalized spacial score (nSPS) is 16.8.